The quantitative estimate of drug-likeness (QED) is 0.777. The fourth-order valence-corrected chi connectivity index (χ4v) is 1.77. The summed E-state index contributed by atoms with van der Waals surface area (Å²) in [5.74, 6) is 0. The lowest BCUT2D eigenvalue weighted by Gasteiger charge is -2.22. The fourth-order valence-electron chi connectivity index (χ4n) is 1.77. The Morgan fingerprint density at radius 3 is 3.07 bits per heavy atom. The van der Waals surface area contributed by atoms with Crippen LogP contribution in [0, 0.1) is 0 Å². The molecule has 0 radical (unpaired) electrons. The van der Waals surface area contributed by atoms with E-state index in [9.17, 15) is 0 Å². The molecule has 0 saturated carbocycles. The van der Waals surface area contributed by atoms with Crippen molar-refractivity contribution in [3.05, 3.63) is 29.6 Å². The molecule has 0 aliphatic carbocycles. The van der Waals surface area contributed by atoms with Gasteiger partial charge in [0.15, 0.2) is 0 Å². The van der Waals surface area contributed by atoms with Crippen molar-refractivity contribution in [1.29, 1.82) is 0 Å². The Kier molecular flexibility index (Phi) is 3.11. The maximum absolute atomic E-state index is 5.66. The molecule has 2 N–H and O–H groups in total. The van der Waals surface area contributed by atoms with Crippen molar-refractivity contribution in [1.82, 2.24) is 4.98 Å². The summed E-state index contributed by atoms with van der Waals surface area (Å²) in [7, 11) is 0. The van der Waals surface area contributed by atoms with Crippen LogP contribution >= 0.6 is 0 Å². The van der Waals surface area contributed by atoms with Gasteiger partial charge in [0.1, 0.15) is 0 Å². The smallest absolute Gasteiger partial charge is 0.0994 e. The molecule has 3 nitrogen and oxygen atoms in total. The molecule has 0 amide bonds. The molecule has 2 rings (SSSR count). The molecule has 0 bridgehead atoms. The third-order valence-electron chi connectivity index (χ3n) is 2.55. The summed E-state index contributed by atoms with van der Waals surface area (Å²) >= 11 is 0. The Morgan fingerprint density at radius 2 is 2.36 bits per heavy atom. The molecule has 0 spiro atoms. The van der Waals surface area contributed by atoms with Gasteiger partial charge in [-0.1, -0.05) is 6.07 Å². The molecule has 1 aliphatic heterocycles. The minimum absolute atomic E-state index is 0.190. The first-order chi connectivity index (χ1) is 6.90. The van der Waals surface area contributed by atoms with Crippen molar-refractivity contribution < 1.29 is 4.74 Å². The van der Waals surface area contributed by atoms with Crippen LogP contribution in [0.2, 0.25) is 0 Å². The van der Waals surface area contributed by atoms with Crippen molar-refractivity contribution in [2.75, 3.05) is 6.61 Å². The molecule has 14 heavy (non-hydrogen) atoms. The fraction of sp³-hybridized carbons (Fsp3) is 0.545. The number of hydrogen-bond acceptors (Lipinski definition) is 3. The lowest BCUT2D eigenvalue weighted by atomic mass is 10.1. The van der Waals surface area contributed by atoms with Gasteiger partial charge in [0.05, 0.1) is 17.5 Å². The maximum atomic E-state index is 5.66. The summed E-state index contributed by atoms with van der Waals surface area (Å²) in [5.41, 5.74) is 7.52. The molecular weight excluding hydrogens is 176 g/mol. The molecule has 1 unspecified atom stereocenters. The Labute approximate surface area is 84.3 Å². The van der Waals surface area contributed by atoms with Gasteiger partial charge < -0.3 is 10.5 Å². The number of pyridine rings is 1. The molecule has 3 heteroatoms. The zero-order valence-electron chi connectivity index (χ0n) is 8.28. The highest BCUT2D eigenvalue weighted by Crippen LogP contribution is 2.26. The second-order valence-electron chi connectivity index (χ2n) is 3.61. The van der Waals surface area contributed by atoms with Gasteiger partial charge in [-0.3, -0.25) is 4.98 Å². The van der Waals surface area contributed by atoms with Crippen LogP contribution in [-0.4, -0.2) is 11.6 Å². The van der Waals surface area contributed by atoms with E-state index in [4.69, 9.17) is 10.5 Å². The van der Waals surface area contributed by atoms with Gasteiger partial charge in [-0.2, -0.15) is 0 Å². The predicted octanol–water partition coefficient (Wildman–Crippen LogP) is 1.78. The van der Waals surface area contributed by atoms with E-state index >= 15 is 0 Å². The highest BCUT2D eigenvalue weighted by Gasteiger charge is 2.16. The molecule has 1 fully saturated rings. The lowest BCUT2D eigenvalue weighted by Crippen LogP contribution is -2.13. The second-order valence-corrected chi connectivity index (χ2v) is 3.61. The summed E-state index contributed by atoms with van der Waals surface area (Å²) < 4.78 is 5.66. The van der Waals surface area contributed by atoms with E-state index in [0.29, 0.717) is 6.54 Å². The molecule has 1 atom stereocenters. The van der Waals surface area contributed by atoms with Crippen LogP contribution < -0.4 is 5.73 Å². The number of nitrogens with two attached hydrogens (primary N) is 1. The summed E-state index contributed by atoms with van der Waals surface area (Å²) in [6.07, 6.45) is 3.68. The SMILES string of the molecule is NCc1cccc(C2CCCCO2)n1. The van der Waals surface area contributed by atoms with E-state index in [0.717, 1.165) is 24.4 Å². The van der Waals surface area contributed by atoms with Crippen LogP contribution in [0.15, 0.2) is 18.2 Å². The minimum atomic E-state index is 0.190. The first kappa shape index (κ1) is 9.62. The molecule has 2 heterocycles. The number of rotatable bonds is 2. The highest BCUT2D eigenvalue weighted by atomic mass is 16.5. The van der Waals surface area contributed by atoms with Crippen LogP contribution in [0.3, 0.4) is 0 Å². The van der Waals surface area contributed by atoms with Gasteiger partial charge in [0, 0.05) is 13.2 Å². The van der Waals surface area contributed by atoms with Crippen molar-refractivity contribution in [2.45, 2.75) is 31.9 Å². The van der Waals surface area contributed by atoms with Gasteiger partial charge in [-0.15, -0.1) is 0 Å². The average Bonchev–Trinajstić information content (AvgIpc) is 2.30. The maximum Gasteiger partial charge on any atom is 0.0994 e. The molecule has 1 aliphatic rings. The Hall–Kier alpha value is -0.930. The number of aromatic nitrogens is 1. The summed E-state index contributed by atoms with van der Waals surface area (Å²) in [6.45, 7) is 1.36. The molecular formula is C11H16N2O. The predicted molar refractivity (Wildman–Crippen MR) is 54.7 cm³/mol. The number of nitrogens with zero attached hydrogens (tertiary/aromatic N) is 1. The molecule has 76 valence electrons. The Bertz CT molecular complexity index is 295. The van der Waals surface area contributed by atoms with Crippen molar-refractivity contribution >= 4 is 0 Å². The van der Waals surface area contributed by atoms with Crippen molar-refractivity contribution in [3.63, 3.8) is 0 Å². The van der Waals surface area contributed by atoms with Gasteiger partial charge >= 0.3 is 0 Å². The van der Waals surface area contributed by atoms with E-state index < -0.39 is 0 Å². The van der Waals surface area contributed by atoms with Crippen molar-refractivity contribution in [2.24, 2.45) is 5.73 Å². The average molecular weight is 192 g/mol. The number of ether oxygens (including phenoxy) is 1. The summed E-state index contributed by atoms with van der Waals surface area (Å²) in [6, 6.07) is 5.98. The van der Waals surface area contributed by atoms with E-state index in [2.05, 4.69) is 4.98 Å². The van der Waals surface area contributed by atoms with Gasteiger partial charge in [0.2, 0.25) is 0 Å². The van der Waals surface area contributed by atoms with Gasteiger partial charge in [-0.05, 0) is 31.4 Å². The zero-order valence-corrected chi connectivity index (χ0v) is 8.28. The third kappa shape index (κ3) is 2.11. The van der Waals surface area contributed by atoms with Gasteiger partial charge in [-0.25, -0.2) is 0 Å². The van der Waals surface area contributed by atoms with Crippen LogP contribution in [0.5, 0.6) is 0 Å². The first-order valence-corrected chi connectivity index (χ1v) is 5.17. The zero-order chi connectivity index (χ0) is 9.80. The minimum Gasteiger partial charge on any atom is -0.372 e. The largest absolute Gasteiger partial charge is 0.372 e. The topological polar surface area (TPSA) is 48.1 Å². The van der Waals surface area contributed by atoms with Crippen LogP contribution in [0.1, 0.15) is 36.8 Å². The Balaban J connectivity index is 2.13. The monoisotopic (exact) mass is 192 g/mol. The van der Waals surface area contributed by atoms with E-state index in [1.165, 1.54) is 12.8 Å². The lowest BCUT2D eigenvalue weighted by molar-refractivity contribution is 0.0122. The standard InChI is InChI=1S/C11H16N2O/c12-8-9-4-3-5-10(13-9)11-6-1-2-7-14-11/h3-5,11H,1-2,6-8,12H2. The molecule has 1 aromatic rings. The normalized spacial score (nSPS) is 22.2. The summed E-state index contributed by atoms with van der Waals surface area (Å²) in [5, 5.41) is 0. The second kappa shape index (κ2) is 4.53. The first-order valence-electron chi connectivity index (χ1n) is 5.17. The highest BCUT2D eigenvalue weighted by molar-refractivity contribution is 5.13. The Morgan fingerprint density at radius 1 is 1.43 bits per heavy atom. The molecule has 1 saturated heterocycles. The van der Waals surface area contributed by atoms with Gasteiger partial charge in [0.25, 0.3) is 0 Å². The van der Waals surface area contributed by atoms with Crippen LogP contribution in [0.4, 0.5) is 0 Å². The molecule has 0 aromatic carbocycles. The third-order valence-corrected chi connectivity index (χ3v) is 2.55. The van der Waals surface area contributed by atoms with Crippen LogP contribution in [0.25, 0.3) is 0 Å². The van der Waals surface area contributed by atoms with E-state index in [1.807, 2.05) is 18.2 Å². The summed E-state index contributed by atoms with van der Waals surface area (Å²) in [4.78, 5) is 4.46. The van der Waals surface area contributed by atoms with Crippen molar-refractivity contribution in [3.8, 4) is 0 Å². The number of hydrogen-bond donors (Lipinski definition) is 1. The van der Waals surface area contributed by atoms with Crippen LogP contribution in [-0.2, 0) is 11.3 Å². The van der Waals surface area contributed by atoms with E-state index in [-0.39, 0.29) is 6.10 Å². The van der Waals surface area contributed by atoms with E-state index in [1.54, 1.807) is 0 Å². The molecule has 1 aromatic heterocycles.